The van der Waals surface area contributed by atoms with Crippen LogP contribution in [0.1, 0.15) is 85.2 Å². The molecule has 16 heteroatoms. The number of fused-ring (bicyclic) bond motifs is 2. The maximum Gasteiger partial charge on any atom is 0.255 e. The van der Waals surface area contributed by atoms with Gasteiger partial charge in [-0.1, -0.05) is 43.5 Å². The average molecular weight is 872 g/mol. The number of piperazine rings is 1. The normalized spacial score (nSPS) is 18.7. The molecule has 8 rings (SSSR count). The molecule has 4 amide bonds. The number of unbranched alkanes of at least 4 members (excludes halogenated alkanes) is 4. The number of imide groups is 1. The first kappa shape index (κ1) is 43.1. The molecule has 62 heavy (non-hydrogen) atoms. The molecule has 326 valence electrons. The van der Waals surface area contributed by atoms with Crippen LogP contribution in [0, 0.1) is 17.5 Å². The molecular weight excluding hydrogens is 823 g/mol. The van der Waals surface area contributed by atoms with E-state index in [-0.39, 0.29) is 70.4 Å². The minimum Gasteiger partial charge on any atom is -0.493 e. The first-order valence-corrected chi connectivity index (χ1v) is 21.8. The van der Waals surface area contributed by atoms with E-state index in [1.807, 2.05) is 4.90 Å². The molecule has 0 aliphatic carbocycles. The number of aromatic nitrogens is 2. The predicted molar refractivity (Wildman–Crippen MR) is 228 cm³/mol. The molecule has 0 saturated carbocycles. The molecule has 0 bridgehead atoms. The summed E-state index contributed by atoms with van der Waals surface area (Å²) in [7, 11) is 0. The van der Waals surface area contributed by atoms with E-state index in [1.54, 1.807) is 23.1 Å². The van der Waals surface area contributed by atoms with Crippen molar-refractivity contribution in [2.75, 3.05) is 57.3 Å². The number of ether oxygens (including phenoxy) is 1. The summed E-state index contributed by atoms with van der Waals surface area (Å²) in [6, 6.07) is 8.00. The summed E-state index contributed by atoms with van der Waals surface area (Å²) in [4.78, 5) is 65.7. The molecule has 0 spiro atoms. The Morgan fingerprint density at radius 2 is 1.68 bits per heavy atom. The summed E-state index contributed by atoms with van der Waals surface area (Å²) < 4.78 is 52.8. The third-order valence-electron chi connectivity index (χ3n) is 12.6. The van der Waals surface area contributed by atoms with Gasteiger partial charge in [-0.3, -0.25) is 24.5 Å². The van der Waals surface area contributed by atoms with Crippen LogP contribution < -0.4 is 15.0 Å². The van der Waals surface area contributed by atoms with Gasteiger partial charge in [0.1, 0.15) is 41.1 Å². The zero-order valence-electron chi connectivity index (χ0n) is 34.4. The van der Waals surface area contributed by atoms with Crippen molar-refractivity contribution >= 4 is 52.0 Å². The van der Waals surface area contributed by atoms with Crippen LogP contribution >= 0.6 is 11.6 Å². The Bertz CT molecular complexity index is 2400. The van der Waals surface area contributed by atoms with E-state index in [0.717, 1.165) is 75.7 Å². The lowest BCUT2D eigenvalue weighted by Gasteiger charge is -2.35. The Hall–Kier alpha value is -5.54. The van der Waals surface area contributed by atoms with E-state index < -0.39 is 29.4 Å². The van der Waals surface area contributed by atoms with Gasteiger partial charge in [0.05, 0.1) is 17.2 Å². The molecule has 5 heterocycles. The van der Waals surface area contributed by atoms with E-state index in [0.29, 0.717) is 49.6 Å². The van der Waals surface area contributed by atoms with Gasteiger partial charge >= 0.3 is 0 Å². The number of carbonyl (C=O) groups is 4. The van der Waals surface area contributed by atoms with Crippen molar-refractivity contribution in [2.45, 2.75) is 76.3 Å². The maximum absolute atomic E-state index is 16.4. The fourth-order valence-electron chi connectivity index (χ4n) is 9.37. The lowest BCUT2D eigenvalue weighted by Crippen LogP contribution is -2.52. The second kappa shape index (κ2) is 18.8. The highest BCUT2D eigenvalue weighted by molar-refractivity contribution is 6.34. The van der Waals surface area contributed by atoms with Crippen LogP contribution in [0.2, 0.25) is 5.02 Å². The number of nitrogens with one attached hydrogen (secondary N) is 1. The Labute approximate surface area is 363 Å². The molecule has 3 saturated heterocycles. The Morgan fingerprint density at radius 3 is 2.44 bits per heavy atom. The highest BCUT2D eigenvalue weighted by atomic mass is 35.5. The van der Waals surface area contributed by atoms with Crippen LogP contribution in [0.15, 0.2) is 55.4 Å². The average Bonchev–Trinajstić information content (AvgIpc) is 3.59. The van der Waals surface area contributed by atoms with Crippen molar-refractivity contribution in [3.05, 3.63) is 94.5 Å². The third kappa shape index (κ3) is 8.87. The van der Waals surface area contributed by atoms with Gasteiger partial charge in [0.25, 0.3) is 5.91 Å². The molecule has 4 aromatic rings. The first-order valence-electron chi connectivity index (χ1n) is 21.4. The van der Waals surface area contributed by atoms with E-state index in [1.165, 1.54) is 35.5 Å². The summed E-state index contributed by atoms with van der Waals surface area (Å²) in [6.07, 6.45) is 9.28. The molecule has 12 nitrogen and oxygen atoms in total. The van der Waals surface area contributed by atoms with Crippen molar-refractivity contribution in [1.82, 2.24) is 30.0 Å². The summed E-state index contributed by atoms with van der Waals surface area (Å²) in [6.45, 7) is 8.61. The van der Waals surface area contributed by atoms with Gasteiger partial charge in [-0.15, -0.1) is 0 Å². The van der Waals surface area contributed by atoms with E-state index >= 15 is 8.78 Å². The zero-order chi connectivity index (χ0) is 43.5. The van der Waals surface area contributed by atoms with Gasteiger partial charge in [0.15, 0.2) is 5.82 Å². The number of nitrogens with zero attached hydrogens (tertiary/aromatic N) is 6. The number of benzene rings is 3. The number of piperidine rings is 2. The van der Waals surface area contributed by atoms with Crippen LogP contribution in [0.25, 0.3) is 22.0 Å². The first-order chi connectivity index (χ1) is 30.0. The number of hydrogen-bond donors (Lipinski definition) is 1. The molecule has 1 N–H and O–H groups in total. The molecule has 0 radical (unpaired) electrons. The van der Waals surface area contributed by atoms with Crippen molar-refractivity contribution < 1.29 is 37.1 Å². The van der Waals surface area contributed by atoms with Gasteiger partial charge in [-0.05, 0) is 105 Å². The Balaban J connectivity index is 0.801. The van der Waals surface area contributed by atoms with Crippen LogP contribution in [0.5, 0.6) is 5.75 Å². The number of hydrogen-bond acceptors (Lipinski definition) is 9. The largest absolute Gasteiger partial charge is 0.493 e. The summed E-state index contributed by atoms with van der Waals surface area (Å²) in [5.74, 6) is -2.48. The summed E-state index contributed by atoms with van der Waals surface area (Å²) >= 11 is 6.72. The lowest BCUT2D eigenvalue weighted by atomic mass is 9.85. The smallest absolute Gasteiger partial charge is 0.255 e. The van der Waals surface area contributed by atoms with Crippen LogP contribution in [0.4, 0.5) is 19.0 Å². The zero-order valence-corrected chi connectivity index (χ0v) is 35.2. The third-order valence-corrected chi connectivity index (χ3v) is 12.9. The second-order valence-corrected chi connectivity index (χ2v) is 16.8. The standard InChI is InChI=1S/C46H49ClF3N7O5/c1-2-39(59)55-18-20-56(21-19-55)44-32-25-34(47)40(42(50)43(32)51-27-52-44)41-35(49)9-8-10-37(41)62-22-7-5-3-4-6-15-54-16-13-28(14-17-54)30-23-29(48)24-31-33(30)26-57(46(31)61)36-11-12-38(58)53-45(36)60/h2,8-10,23-25,27-28,36H,1,3-7,11-22,26H2,(H,53,58,60). The SMILES string of the molecule is C=CC(=O)N1CCN(c2ncnc3c(F)c(-c4c(F)cccc4OCCCCCCCN4CCC(c5cc(F)cc6c5CN(C5CCC(=O)NC5=O)C6=O)CC4)c(Cl)cc23)CC1. The van der Waals surface area contributed by atoms with Gasteiger partial charge < -0.3 is 24.3 Å². The number of anilines is 1. The van der Waals surface area contributed by atoms with Crippen molar-refractivity contribution in [1.29, 1.82) is 0 Å². The fourth-order valence-corrected chi connectivity index (χ4v) is 9.65. The fraction of sp³-hybridized carbons (Fsp3) is 0.435. The van der Waals surface area contributed by atoms with Crippen molar-refractivity contribution in [3.8, 4) is 16.9 Å². The van der Waals surface area contributed by atoms with Crippen molar-refractivity contribution in [2.24, 2.45) is 0 Å². The van der Waals surface area contributed by atoms with E-state index in [9.17, 15) is 23.6 Å². The molecule has 3 aromatic carbocycles. The molecule has 1 aromatic heterocycles. The Morgan fingerprint density at radius 1 is 0.919 bits per heavy atom. The summed E-state index contributed by atoms with van der Waals surface area (Å²) in [5, 5.41) is 2.71. The minimum absolute atomic E-state index is 0.00183. The molecule has 4 aliphatic heterocycles. The van der Waals surface area contributed by atoms with Crippen LogP contribution in [-0.2, 0) is 20.9 Å². The Kier molecular flexibility index (Phi) is 13.1. The number of carbonyl (C=O) groups excluding carboxylic acids is 4. The minimum atomic E-state index is -0.775. The number of rotatable bonds is 14. The summed E-state index contributed by atoms with van der Waals surface area (Å²) in [5.41, 5.74) is 1.75. The van der Waals surface area contributed by atoms with Gasteiger partial charge in [-0.25, -0.2) is 23.1 Å². The van der Waals surface area contributed by atoms with Crippen LogP contribution in [0.3, 0.4) is 0 Å². The monoisotopic (exact) mass is 871 g/mol. The number of halogens is 4. The lowest BCUT2D eigenvalue weighted by molar-refractivity contribution is -0.137. The molecule has 1 unspecified atom stereocenters. The number of amides is 4. The highest BCUT2D eigenvalue weighted by Crippen LogP contribution is 2.43. The van der Waals surface area contributed by atoms with Gasteiger partial charge in [-0.2, -0.15) is 0 Å². The van der Waals surface area contributed by atoms with Gasteiger partial charge in [0, 0.05) is 55.7 Å². The topological polar surface area (TPSA) is 128 Å². The second-order valence-electron chi connectivity index (χ2n) is 16.4. The molecular formula is C46H49ClF3N7O5. The van der Waals surface area contributed by atoms with Crippen molar-refractivity contribution in [3.63, 3.8) is 0 Å². The highest BCUT2D eigenvalue weighted by Gasteiger charge is 2.41. The van der Waals surface area contributed by atoms with E-state index in [4.69, 9.17) is 16.3 Å². The van der Waals surface area contributed by atoms with Gasteiger partial charge in [0.2, 0.25) is 17.7 Å². The maximum atomic E-state index is 16.4. The van der Waals surface area contributed by atoms with E-state index in [2.05, 4.69) is 26.8 Å². The predicted octanol–water partition coefficient (Wildman–Crippen LogP) is 7.17. The molecule has 3 fully saturated rings. The van der Waals surface area contributed by atoms with Crippen LogP contribution in [-0.4, -0.2) is 107 Å². The molecule has 4 aliphatic rings. The molecule has 1 atom stereocenters. The quantitative estimate of drug-likeness (QED) is 0.0797. The number of likely N-dealkylation sites (tertiary alicyclic amines) is 1.